The van der Waals surface area contributed by atoms with E-state index in [4.69, 9.17) is 4.74 Å². The van der Waals surface area contributed by atoms with Crippen molar-refractivity contribution in [3.8, 4) is 5.75 Å². The Balaban J connectivity index is 1.37. The molecule has 0 spiro atoms. The first-order valence-electron chi connectivity index (χ1n) is 9.47. The van der Waals surface area contributed by atoms with Crippen molar-refractivity contribution in [1.29, 1.82) is 0 Å². The van der Waals surface area contributed by atoms with Gasteiger partial charge in [-0.05, 0) is 55.0 Å². The van der Waals surface area contributed by atoms with E-state index in [-0.39, 0.29) is 5.91 Å². The van der Waals surface area contributed by atoms with Crippen LogP contribution < -0.4 is 10.1 Å². The maximum Gasteiger partial charge on any atom is 0.244 e. The van der Waals surface area contributed by atoms with E-state index in [2.05, 4.69) is 41.5 Å². The zero-order valence-electron chi connectivity index (χ0n) is 16.4. The van der Waals surface area contributed by atoms with E-state index in [1.807, 2.05) is 42.5 Å². The van der Waals surface area contributed by atoms with Crippen LogP contribution in [0.1, 0.15) is 16.8 Å². The zero-order valence-corrected chi connectivity index (χ0v) is 17.2. The molecule has 0 radical (unpaired) electrons. The number of benzene rings is 2. The molecule has 0 saturated carbocycles. The van der Waals surface area contributed by atoms with Crippen LogP contribution in [0.25, 0.3) is 6.08 Å². The summed E-state index contributed by atoms with van der Waals surface area (Å²) in [6, 6.07) is 21.8. The van der Waals surface area contributed by atoms with Crippen LogP contribution in [-0.2, 0) is 11.4 Å². The van der Waals surface area contributed by atoms with E-state index in [1.165, 1.54) is 10.5 Å². The van der Waals surface area contributed by atoms with E-state index in [9.17, 15) is 4.79 Å². The molecule has 1 aromatic heterocycles. The van der Waals surface area contributed by atoms with Gasteiger partial charge in [-0.3, -0.25) is 9.78 Å². The number of rotatable bonds is 9. The number of nitrogens with one attached hydrogen (secondary N) is 1. The lowest BCUT2D eigenvalue weighted by molar-refractivity contribution is -0.116. The van der Waals surface area contributed by atoms with Gasteiger partial charge in [0.1, 0.15) is 12.4 Å². The molecule has 3 aromatic rings. The first kappa shape index (κ1) is 20.7. The first-order valence-corrected chi connectivity index (χ1v) is 10.5. The van der Waals surface area contributed by atoms with Gasteiger partial charge in [0.25, 0.3) is 0 Å². The van der Waals surface area contributed by atoms with Crippen LogP contribution in [0.4, 0.5) is 0 Å². The predicted molar refractivity (Wildman–Crippen MR) is 119 cm³/mol. The summed E-state index contributed by atoms with van der Waals surface area (Å²) in [5.74, 6) is 1.51. The lowest BCUT2D eigenvalue weighted by Gasteiger charge is -2.06. The normalized spacial score (nSPS) is 10.8. The number of ether oxygens (including phenoxy) is 1. The number of nitrogens with zero attached hydrogens (tertiary/aromatic N) is 1. The summed E-state index contributed by atoms with van der Waals surface area (Å²) in [6.07, 6.45) is 5.10. The molecule has 1 amide bonds. The van der Waals surface area contributed by atoms with E-state index in [0.29, 0.717) is 13.2 Å². The molecule has 0 bridgehead atoms. The number of hydrogen-bond donors (Lipinski definition) is 1. The van der Waals surface area contributed by atoms with E-state index >= 15 is 0 Å². The maximum atomic E-state index is 12.0. The smallest absolute Gasteiger partial charge is 0.244 e. The monoisotopic (exact) mass is 404 g/mol. The van der Waals surface area contributed by atoms with Crippen molar-refractivity contribution in [3.63, 3.8) is 0 Å². The summed E-state index contributed by atoms with van der Waals surface area (Å²) < 4.78 is 5.71. The molecule has 4 nitrogen and oxygen atoms in total. The maximum absolute atomic E-state index is 12.0. The molecule has 0 atom stereocenters. The molecule has 0 unspecified atom stereocenters. The van der Waals surface area contributed by atoms with Gasteiger partial charge in [-0.2, -0.15) is 0 Å². The zero-order chi connectivity index (χ0) is 20.3. The second-order valence-electron chi connectivity index (χ2n) is 6.46. The van der Waals surface area contributed by atoms with Crippen LogP contribution in [0.5, 0.6) is 5.75 Å². The van der Waals surface area contributed by atoms with E-state index < -0.39 is 0 Å². The third-order valence-corrected chi connectivity index (χ3v) is 5.12. The van der Waals surface area contributed by atoms with Crippen LogP contribution in [0.3, 0.4) is 0 Å². The second kappa shape index (κ2) is 11.1. The highest BCUT2D eigenvalue weighted by Crippen LogP contribution is 2.17. The van der Waals surface area contributed by atoms with Crippen molar-refractivity contribution in [1.82, 2.24) is 10.3 Å². The molecule has 1 N–H and O–H groups in total. The van der Waals surface area contributed by atoms with Crippen molar-refractivity contribution in [2.24, 2.45) is 0 Å². The van der Waals surface area contributed by atoms with E-state index in [0.717, 1.165) is 22.8 Å². The molecule has 29 heavy (non-hydrogen) atoms. The highest BCUT2D eigenvalue weighted by molar-refractivity contribution is 7.99. The Labute approximate surface area is 176 Å². The number of thioether (sulfide) groups is 1. The van der Waals surface area contributed by atoms with Crippen molar-refractivity contribution in [2.45, 2.75) is 18.4 Å². The highest BCUT2D eigenvalue weighted by atomic mass is 32.2. The fourth-order valence-electron chi connectivity index (χ4n) is 2.52. The highest BCUT2D eigenvalue weighted by Gasteiger charge is 1.99. The lowest BCUT2D eigenvalue weighted by Crippen LogP contribution is -2.23. The van der Waals surface area contributed by atoms with Crippen LogP contribution >= 0.6 is 11.8 Å². The van der Waals surface area contributed by atoms with Gasteiger partial charge >= 0.3 is 0 Å². The Hall–Kier alpha value is -3.05. The summed E-state index contributed by atoms with van der Waals surface area (Å²) in [7, 11) is 0. The Morgan fingerprint density at radius 1 is 1.07 bits per heavy atom. The van der Waals surface area contributed by atoms with Crippen molar-refractivity contribution < 1.29 is 9.53 Å². The average molecular weight is 405 g/mol. The Kier molecular flexibility index (Phi) is 7.90. The molecule has 0 saturated heterocycles. The summed E-state index contributed by atoms with van der Waals surface area (Å²) in [5.41, 5.74) is 3.08. The Morgan fingerprint density at radius 2 is 1.86 bits per heavy atom. The number of pyridine rings is 1. The van der Waals surface area contributed by atoms with Gasteiger partial charge in [-0.1, -0.05) is 35.9 Å². The lowest BCUT2D eigenvalue weighted by atomic mass is 10.2. The summed E-state index contributed by atoms with van der Waals surface area (Å²) in [5, 5.41) is 2.91. The second-order valence-corrected chi connectivity index (χ2v) is 7.63. The molecule has 3 rings (SSSR count). The molecule has 5 heteroatoms. The Morgan fingerprint density at radius 3 is 2.59 bits per heavy atom. The largest absolute Gasteiger partial charge is 0.487 e. The predicted octanol–water partition coefficient (Wildman–Crippen LogP) is 4.89. The molecule has 0 aliphatic heterocycles. The molecular weight excluding hydrogens is 380 g/mol. The number of hydrogen-bond acceptors (Lipinski definition) is 4. The quantitative estimate of drug-likeness (QED) is 0.313. The number of amides is 1. The summed E-state index contributed by atoms with van der Waals surface area (Å²) in [6.45, 7) is 3.13. The fraction of sp³-hybridized carbons (Fsp3) is 0.167. The average Bonchev–Trinajstić information content (AvgIpc) is 2.76. The van der Waals surface area contributed by atoms with Crippen molar-refractivity contribution in [2.75, 3.05) is 12.3 Å². The molecular formula is C24H24N2O2S. The number of carbonyl (C=O) groups is 1. The van der Waals surface area contributed by atoms with Gasteiger partial charge < -0.3 is 10.1 Å². The van der Waals surface area contributed by atoms with Gasteiger partial charge in [0.2, 0.25) is 5.91 Å². The molecule has 2 aromatic carbocycles. The van der Waals surface area contributed by atoms with Crippen LogP contribution in [0, 0.1) is 6.92 Å². The van der Waals surface area contributed by atoms with Crippen LogP contribution in [0.2, 0.25) is 0 Å². The van der Waals surface area contributed by atoms with Gasteiger partial charge in [-0.15, -0.1) is 11.8 Å². The third kappa shape index (κ3) is 7.47. The minimum absolute atomic E-state index is 0.0926. The topological polar surface area (TPSA) is 51.2 Å². The van der Waals surface area contributed by atoms with Gasteiger partial charge in [-0.25, -0.2) is 0 Å². The summed E-state index contributed by atoms with van der Waals surface area (Å²) in [4.78, 5) is 17.4. The molecule has 1 heterocycles. The standard InChI is InChI=1S/C24H24N2O2S/c1-19-5-12-23(13-6-19)29-17-16-26-24(27)14-9-20-7-10-22(11-8-20)28-18-21-4-2-3-15-25-21/h2-15H,16-18H2,1H3,(H,26,27). The Bertz CT molecular complexity index is 923. The molecule has 0 aliphatic carbocycles. The van der Waals surface area contributed by atoms with Gasteiger partial charge in [0.15, 0.2) is 0 Å². The minimum Gasteiger partial charge on any atom is -0.487 e. The van der Waals surface area contributed by atoms with Crippen LogP contribution in [-0.4, -0.2) is 23.2 Å². The molecule has 0 aliphatic rings. The van der Waals surface area contributed by atoms with Gasteiger partial charge in [0, 0.05) is 29.5 Å². The third-order valence-electron chi connectivity index (χ3n) is 4.11. The van der Waals surface area contributed by atoms with Gasteiger partial charge in [0.05, 0.1) is 5.69 Å². The number of carbonyl (C=O) groups excluding carboxylic acids is 1. The van der Waals surface area contributed by atoms with E-state index in [1.54, 1.807) is 30.1 Å². The minimum atomic E-state index is -0.0926. The first-order chi connectivity index (χ1) is 14.2. The summed E-state index contributed by atoms with van der Waals surface area (Å²) >= 11 is 1.73. The SMILES string of the molecule is Cc1ccc(SCCNC(=O)C=Cc2ccc(OCc3ccccn3)cc2)cc1. The number of aromatic nitrogens is 1. The molecule has 148 valence electrons. The van der Waals surface area contributed by atoms with Crippen LogP contribution in [0.15, 0.2) is 83.9 Å². The van der Waals surface area contributed by atoms with Crippen molar-refractivity contribution in [3.05, 3.63) is 95.8 Å². The number of aryl methyl sites for hydroxylation is 1. The molecule has 0 fully saturated rings. The van der Waals surface area contributed by atoms with Crippen molar-refractivity contribution >= 4 is 23.7 Å². The fourth-order valence-corrected chi connectivity index (χ4v) is 3.29.